The fraction of sp³-hybridized carbons (Fsp3) is 0.238. The van der Waals surface area contributed by atoms with E-state index >= 15 is 0 Å². The molecule has 1 atom stereocenters. The Balaban J connectivity index is 2.27. The maximum Gasteiger partial charge on any atom is 0.267 e. The number of carbonyl (C=O) groups is 1. The quantitative estimate of drug-likeness (QED) is 0.690. The average molecular weight is 398 g/mol. The Morgan fingerprint density at radius 3 is 2.46 bits per heavy atom. The lowest BCUT2D eigenvalue weighted by molar-refractivity contribution is 0.0983. The summed E-state index contributed by atoms with van der Waals surface area (Å²) in [5.74, 6) is -1.03. The van der Waals surface area contributed by atoms with Crippen molar-refractivity contribution in [2.24, 2.45) is 0 Å². The highest BCUT2D eigenvalue weighted by Gasteiger charge is 2.27. The van der Waals surface area contributed by atoms with Crippen LogP contribution in [0.1, 0.15) is 29.3 Å². The van der Waals surface area contributed by atoms with Gasteiger partial charge in [-0.25, -0.2) is 0 Å². The number of nitrogens with one attached hydrogen (secondary N) is 1. The Labute approximate surface area is 165 Å². The fourth-order valence-corrected chi connectivity index (χ4v) is 4.34. The van der Waals surface area contributed by atoms with Gasteiger partial charge >= 0.3 is 0 Å². The number of nitrogens with zero attached hydrogens (tertiary/aromatic N) is 1. The van der Waals surface area contributed by atoms with Gasteiger partial charge in [0.1, 0.15) is 11.3 Å². The summed E-state index contributed by atoms with van der Waals surface area (Å²) in [6.07, 6.45) is 2.18. The van der Waals surface area contributed by atoms with Crippen LogP contribution >= 0.6 is 0 Å². The van der Waals surface area contributed by atoms with Gasteiger partial charge in [0.15, 0.2) is 0 Å². The third kappa shape index (κ3) is 3.45. The number of pyridine rings is 1. The molecule has 6 nitrogen and oxygen atoms in total. The van der Waals surface area contributed by atoms with Crippen LogP contribution in [0.15, 0.2) is 52.2 Å². The van der Waals surface area contributed by atoms with Crippen molar-refractivity contribution in [2.75, 3.05) is 17.7 Å². The smallest absolute Gasteiger partial charge is 0.267 e. The van der Waals surface area contributed by atoms with E-state index in [1.54, 1.807) is 43.3 Å². The van der Waals surface area contributed by atoms with E-state index in [1.807, 2.05) is 13.0 Å². The predicted molar refractivity (Wildman–Crippen MR) is 112 cm³/mol. The summed E-state index contributed by atoms with van der Waals surface area (Å²) in [5, 5.41) is 11.2. The molecule has 0 fully saturated rings. The highest BCUT2D eigenvalue weighted by atomic mass is 32.2. The average Bonchev–Trinajstić information content (AvgIpc) is 2.66. The van der Waals surface area contributed by atoms with E-state index < -0.39 is 28.0 Å². The van der Waals surface area contributed by atoms with Crippen molar-refractivity contribution < 1.29 is 14.1 Å². The van der Waals surface area contributed by atoms with Crippen LogP contribution in [-0.4, -0.2) is 33.0 Å². The normalized spacial score (nSPS) is 12.1. The molecular weight excluding hydrogens is 376 g/mol. The Kier molecular flexibility index (Phi) is 5.65. The van der Waals surface area contributed by atoms with E-state index in [1.165, 1.54) is 11.2 Å². The standard InChI is InChI=1S/C21H22N2O4S/c1-4-12-23(14-8-6-5-7-9-14)21(26)17-18(24)16-15(22-20(17)25)11-10-13(2)19(16)28(3)27/h5-11H,4,12H2,1-3H3,(H2,22,24,25). The van der Waals surface area contributed by atoms with Gasteiger partial charge in [-0.15, -0.1) is 0 Å². The number of fused-ring (bicyclic) bond motifs is 1. The van der Waals surface area contributed by atoms with E-state index in [9.17, 15) is 18.9 Å². The highest BCUT2D eigenvalue weighted by Crippen LogP contribution is 2.33. The molecule has 0 aliphatic heterocycles. The lowest BCUT2D eigenvalue weighted by Gasteiger charge is -2.23. The number of aromatic hydroxyl groups is 1. The van der Waals surface area contributed by atoms with Crippen LogP contribution in [0.3, 0.4) is 0 Å². The van der Waals surface area contributed by atoms with Crippen molar-refractivity contribution in [3.8, 4) is 5.75 Å². The zero-order valence-corrected chi connectivity index (χ0v) is 16.8. The molecule has 2 N–H and O–H groups in total. The number of hydrogen-bond acceptors (Lipinski definition) is 4. The topological polar surface area (TPSA) is 90.5 Å². The van der Waals surface area contributed by atoms with Crippen LogP contribution in [0.4, 0.5) is 5.69 Å². The van der Waals surface area contributed by atoms with Gasteiger partial charge in [-0.1, -0.05) is 31.2 Å². The van der Waals surface area contributed by atoms with E-state index in [4.69, 9.17) is 0 Å². The van der Waals surface area contributed by atoms with Gasteiger partial charge in [0.05, 0.1) is 26.6 Å². The molecule has 7 heteroatoms. The lowest BCUT2D eigenvalue weighted by atomic mass is 10.1. The molecule has 2 aromatic carbocycles. The van der Waals surface area contributed by atoms with Crippen molar-refractivity contribution in [1.82, 2.24) is 4.98 Å². The first-order chi connectivity index (χ1) is 13.4. The van der Waals surface area contributed by atoms with E-state index in [0.29, 0.717) is 34.6 Å². The summed E-state index contributed by atoms with van der Waals surface area (Å²) < 4.78 is 12.3. The number of aromatic nitrogens is 1. The Bertz CT molecular complexity index is 1120. The fourth-order valence-electron chi connectivity index (χ4n) is 3.33. The van der Waals surface area contributed by atoms with Crippen LogP contribution in [0.2, 0.25) is 0 Å². The van der Waals surface area contributed by atoms with Gasteiger partial charge in [-0.3, -0.25) is 13.8 Å². The minimum Gasteiger partial charge on any atom is -0.506 e. The van der Waals surface area contributed by atoms with E-state index in [-0.39, 0.29) is 10.9 Å². The lowest BCUT2D eigenvalue weighted by Crippen LogP contribution is -2.35. The number of para-hydroxylation sites is 1. The number of H-pyrrole nitrogens is 1. The van der Waals surface area contributed by atoms with Gasteiger partial charge in [0.2, 0.25) is 0 Å². The molecule has 0 aliphatic rings. The molecule has 1 unspecified atom stereocenters. The van der Waals surface area contributed by atoms with Crippen molar-refractivity contribution in [3.63, 3.8) is 0 Å². The minimum absolute atomic E-state index is 0.244. The molecule has 28 heavy (non-hydrogen) atoms. The van der Waals surface area contributed by atoms with Crippen molar-refractivity contribution >= 4 is 33.3 Å². The van der Waals surface area contributed by atoms with Crippen molar-refractivity contribution in [3.05, 3.63) is 63.9 Å². The molecular formula is C21H22N2O4S. The zero-order chi connectivity index (χ0) is 20.4. The summed E-state index contributed by atoms with van der Waals surface area (Å²) in [5.41, 5.74) is 0.668. The molecule has 0 bridgehead atoms. The number of aromatic amines is 1. The summed E-state index contributed by atoms with van der Waals surface area (Å²) in [6, 6.07) is 12.4. The van der Waals surface area contributed by atoms with Gasteiger partial charge in [0, 0.05) is 18.5 Å². The molecule has 3 rings (SSSR count). The summed E-state index contributed by atoms with van der Waals surface area (Å²) >= 11 is 0. The molecule has 1 heterocycles. The van der Waals surface area contributed by atoms with Gasteiger partial charge < -0.3 is 15.0 Å². The third-order valence-electron chi connectivity index (χ3n) is 4.56. The summed E-state index contributed by atoms with van der Waals surface area (Å²) in [7, 11) is -1.41. The first-order valence-electron chi connectivity index (χ1n) is 8.95. The largest absolute Gasteiger partial charge is 0.506 e. The molecule has 1 amide bonds. The molecule has 0 saturated heterocycles. The zero-order valence-electron chi connectivity index (χ0n) is 16.0. The maximum atomic E-state index is 13.3. The number of aryl methyl sites for hydroxylation is 1. The van der Waals surface area contributed by atoms with E-state index in [0.717, 1.165) is 0 Å². The van der Waals surface area contributed by atoms with Crippen molar-refractivity contribution in [1.29, 1.82) is 0 Å². The predicted octanol–water partition coefficient (Wildman–Crippen LogP) is 3.34. The second kappa shape index (κ2) is 7.98. The maximum absolute atomic E-state index is 13.3. The number of hydrogen-bond donors (Lipinski definition) is 2. The number of rotatable bonds is 5. The third-order valence-corrected chi connectivity index (χ3v) is 5.67. The van der Waals surface area contributed by atoms with Crippen LogP contribution in [0.25, 0.3) is 10.9 Å². The van der Waals surface area contributed by atoms with Crippen LogP contribution < -0.4 is 10.5 Å². The van der Waals surface area contributed by atoms with Crippen LogP contribution in [0, 0.1) is 6.92 Å². The Hall–Kier alpha value is -2.93. The van der Waals surface area contributed by atoms with E-state index in [2.05, 4.69) is 4.98 Å². The Morgan fingerprint density at radius 2 is 1.86 bits per heavy atom. The molecule has 0 radical (unpaired) electrons. The summed E-state index contributed by atoms with van der Waals surface area (Å²) in [4.78, 5) is 30.4. The first-order valence-corrected chi connectivity index (χ1v) is 10.5. The SMILES string of the molecule is CCCN(C(=O)c1c(O)c2c(S(C)=O)c(C)ccc2[nH]c1=O)c1ccccc1. The molecule has 146 valence electrons. The molecule has 0 spiro atoms. The summed E-state index contributed by atoms with van der Waals surface area (Å²) in [6.45, 7) is 4.09. The molecule has 3 aromatic rings. The molecule has 0 aliphatic carbocycles. The van der Waals surface area contributed by atoms with Crippen LogP contribution in [0.5, 0.6) is 5.75 Å². The Morgan fingerprint density at radius 1 is 1.18 bits per heavy atom. The molecule has 1 aromatic heterocycles. The highest BCUT2D eigenvalue weighted by molar-refractivity contribution is 7.84. The first kappa shape index (κ1) is 19.8. The second-order valence-corrected chi connectivity index (χ2v) is 7.87. The van der Waals surface area contributed by atoms with Crippen LogP contribution in [-0.2, 0) is 10.8 Å². The molecule has 0 saturated carbocycles. The number of amides is 1. The van der Waals surface area contributed by atoms with Gasteiger partial charge in [-0.05, 0) is 37.1 Å². The number of benzene rings is 2. The second-order valence-electron chi connectivity index (χ2n) is 6.56. The minimum atomic E-state index is -1.41. The number of carbonyl (C=O) groups excluding carboxylic acids is 1. The van der Waals surface area contributed by atoms with Gasteiger partial charge in [0.25, 0.3) is 11.5 Å². The number of anilines is 1. The van der Waals surface area contributed by atoms with Crippen molar-refractivity contribution in [2.45, 2.75) is 25.2 Å². The monoisotopic (exact) mass is 398 g/mol. The van der Waals surface area contributed by atoms with Gasteiger partial charge in [-0.2, -0.15) is 0 Å².